The monoisotopic (exact) mass is 449 g/mol. The Bertz CT molecular complexity index is 810. The summed E-state index contributed by atoms with van der Waals surface area (Å²) in [5.41, 5.74) is 2.35. The van der Waals surface area contributed by atoms with Crippen LogP contribution in [-0.2, 0) is 9.53 Å². The van der Waals surface area contributed by atoms with Gasteiger partial charge < -0.3 is 14.4 Å². The molecule has 1 amide bonds. The fourth-order valence-electron chi connectivity index (χ4n) is 3.39. The van der Waals surface area contributed by atoms with Crippen molar-refractivity contribution in [2.24, 2.45) is 0 Å². The van der Waals surface area contributed by atoms with Crippen LogP contribution in [0.2, 0.25) is 5.02 Å². The zero-order valence-corrected chi connectivity index (χ0v) is 18.5. The molecule has 2 heterocycles. The third-order valence-corrected chi connectivity index (χ3v) is 8.27. The fourth-order valence-corrected chi connectivity index (χ4v) is 6.41. The Morgan fingerprint density at radius 2 is 1.76 bits per heavy atom. The molecule has 1 unspecified atom stereocenters. The van der Waals surface area contributed by atoms with Crippen molar-refractivity contribution in [2.45, 2.75) is 17.1 Å². The van der Waals surface area contributed by atoms with Gasteiger partial charge >= 0.3 is 0 Å². The average molecular weight is 450 g/mol. The maximum Gasteiger partial charge on any atom is 0.260 e. The topological polar surface area (TPSA) is 38.8 Å². The molecule has 0 saturated carbocycles. The van der Waals surface area contributed by atoms with Gasteiger partial charge in [0, 0.05) is 11.6 Å². The number of morpholine rings is 1. The van der Waals surface area contributed by atoms with Crippen LogP contribution >= 0.6 is 35.1 Å². The van der Waals surface area contributed by atoms with Crippen molar-refractivity contribution in [1.29, 1.82) is 0 Å². The number of amides is 1. The van der Waals surface area contributed by atoms with E-state index < -0.39 is 0 Å². The number of hydrogen-bond acceptors (Lipinski definition) is 5. The number of ether oxygens (including phenoxy) is 2. The third kappa shape index (κ3) is 5.63. The lowest BCUT2D eigenvalue weighted by atomic mass is 10.1. The van der Waals surface area contributed by atoms with Gasteiger partial charge in [-0.3, -0.25) is 4.79 Å². The lowest BCUT2D eigenvalue weighted by molar-refractivity contribution is -0.141. The molecule has 2 aromatic carbocycles. The van der Waals surface area contributed by atoms with Gasteiger partial charge in [-0.1, -0.05) is 35.9 Å². The van der Waals surface area contributed by atoms with Crippen LogP contribution in [-0.4, -0.2) is 48.6 Å². The Morgan fingerprint density at radius 1 is 1.07 bits per heavy atom. The molecule has 2 aromatic rings. The number of nitrogens with zero attached hydrogens (tertiary/aromatic N) is 1. The van der Waals surface area contributed by atoms with E-state index in [1.165, 1.54) is 23.5 Å². The molecule has 0 N–H and O–H groups in total. The molecular weight excluding hydrogens is 426 g/mol. The number of thioether (sulfide) groups is 2. The third-order valence-electron chi connectivity index (χ3n) is 5.00. The van der Waals surface area contributed by atoms with Crippen LogP contribution < -0.4 is 4.74 Å². The number of benzene rings is 2. The van der Waals surface area contributed by atoms with E-state index >= 15 is 0 Å². The van der Waals surface area contributed by atoms with E-state index in [-0.39, 0.29) is 18.6 Å². The maximum absolute atomic E-state index is 12.6. The number of rotatable bonds is 5. The molecule has 2 fully saturated rings. The van der Waals surface area contributed by atoms with E-state index in [1.807, 2.05) is 64.8 Å². The van der Waals surface area contributed by atoms with Crippen molar-refractivity contribution >= 4 is 41.0 Å². The summed E-state index contributed by atoms with van der Waals surface area (Å²) in [4.78, 5) is 14.4. The summed E-state index contributed by atoms with van der Waals surface area (Å²) in [7, 11) is 0. The van der Waals surface area contributed by atoms with E-state index in [0.29, 0.717) is 29.3 Å². The minimum Gasteiger partial charge on any atom is -0.484 e. The molecule has 1 atom stereocenters. The summed E-state index contributed by atoms with van der Waals surface area (Å²) >= 11 is 9.96. The minimum absolute atomic E-state index is 0.0188. The summed E-state index contributed by atoms with van der Waals surface area (Å²) in [5.74, 6) is 3.16. The van der Waals surface area contributed by atoms with Crippen molar-refractivity contribution in [2.75, 3.05) is 37.8 Å². The predicted molar refractivity (Wildman–Crippen MR) is 121 cm³/mol. The molecular formula is C22H24ClNO3S2. The maximum atomic E-state index is 12.6. The Balaban J connectivity index is 1.29. The van der Waals surface area contributed by atoms with E-state index in [9.17, 15) is 4.79 Å². The van der Waals surface area contributed by atoms with Crippen LogP contribution in [0.5, 0.6) is 5.75 Å². The van der Waals surface area contributed by atoms with Gasteiger partial charge in [-0.2, -0.15) is 0 Å². The zero-order chi connectivity index (χ0) is 20.1. The van der Waals surface area contributed by atoms with Crippen molar-refractivity contribution in [3.05, 3.63) is 64.7 Å². The molecule has 7 heteroatoms. The normalized spacial score (nSPS) is 20.4. The van der Waals surface area contributed by atoms with Gasteiger partial charge in [0.05, 0.1) is 17.7 Å². The Hall–Kier alpha value is -1.34. The smallest absolute Gasteiger partial charge is 0.260 e. The van der Waals surface area contributed by atoms with Crippen molar-refractivity contribution in [1.82, 2.24) is 4.90 Å². The van der Waals surface area contributed by atoms with Crippen molar-refractivity contribution < 1.29 is 14.3 Å². The zero-order valence-electron chi connectivity index (χ0n) is 16.1. The molecule has 4 rings (SSSR count). The molecule has 29 heavy (non-hydrogen) atoms. The lowest BCUT2D eigenvalue weighted by Gasteiger charge is -2.33. The van der Waals surface area contributed by atoms with Gasteiger partial charge in [-0.05, 0) is 53.3 Å². The minimum atomic E-state index is -0.130. The summed E-state index contributed by atoms with van der Waals surface area (Å²) in [6.45, 7) is 1.67. The molecule has 154 valence electrons. The van der Waals surface area contributed by atoms with Crippen molar-refractivity contribution in [3.8, 4) is 5.75 Å². The fraction of sp³-hybridized carbons (Fsp3) is 0.409. The number of hydrogen-bond donors (Lipinski definition) is 0. The van der Waals surface area contributed by atoms with Crippen LogP contribution in [0, 0.1) is 0 Å². The highest BCUT2D eigenvalue weighted by Crippen LogP contribution is 2.43. The molecule has 2 saturated heterocycles. The second kappa shape index (κ2) is 10.1. The lowest BCUT2D eigenvalue weighted by Crippen LogP contribution is -2.44. The predicted octanol–water partition coefficient (Wildman–Crippen LogP) is 5.19. The first kappa shape index (κ1) is 20.9. The molecule has 4 nitrogen and oxygen atoms in total. The first-order valence-electron chi connectivity index (χ1n) is 9.80. The molecule has 0 spiro atoms. The SMILES string of the molecule is O=C(COc1ccc(C2SCCCS2)cc1)N1CCOC(c2ccc(Cl)cc2)C1. The molecule has 2 aliphatic heterocycles. The van der Waals surface area contributed by atoms with Crippen molar-refractivity contribution in [3.63, 3.8) is 0 Å². The highest BCUT2D eigenvalue weighted by atomic mass is 35.5. The molecule has 2 aliphatic rings. The van der Waals surface area contributed by atoms with Crippen LogP contribution in [0.1, 0.15) is 28.2 Å². The summed E-state index contributed by atoms with van der Waals surface area (Å²) < 4.78 is 12.1. The first-order valence-corrected chi connectivity index (χ1v) is 12.3. The van der Waals surface area contributed by atoms with Crippen LogP contribution in [0.15, 0.2) is 48.5 Å². The molecule has 0 bridgehead atoms. The average Bonchev–Trinajstić information content (AvgIpc) is 2.79. The second-order valence-corrected chi connectivity index (χ2v) is 10.2. The highest BCUT2D eigenvalue weighted by Gasteiger charge is 2.25. The van der Waals surface area contributed by atoms with E-state index in [4.69, 9.17) is 21.1 Å². The van der Waals surface area contributed by atoms with Crippen LogP contribution in [0.25, 0.3) is 0 Å². The Labute approximate surface area is 185 Å². The van der Waals surface area contributed by atoms with Gasteiger partial charge in [-0.25, -0.2) is 0 Å². The first-order chi connectivity index (χ1) is 14.2. The van der Waals surface area contributed by atoms with E-state index in [0.717, 1.165) is 11.3 Å². The van der Waals surface area contributed by atoms with Gasteiger partial charge in [0.1, 0.15) is 11.9 Å². The Kier molecular flexibility index (Phi) is 7.29. The molecule has 0 aliphatic carbocycles. The van der Waals surface area contributed by atoms with Gasteiger partial charge in [0.2, 0.25) is 0 Å². The molecule has 0 radical (unpaired) electrons. The van der Waals surface area contributed by atoms with E-state index in [1.54, 1.807) is 0 Å². The largest absolute Gasteiger partial charge is 0.484 e. The number of carbonyl (C=O) groups excluding carboxylic acids is 1. The van der Waals surface area contributed by atoms with Gasteiger partial charge in [-0.15, -0.1) is 23.5 Å². The molecule has 0 aromatic heterocycles. The summed E-state index contributed by atoms with van der Waals surface area (Å²) in [5, 5.41) is 0.692. The number of carbonyl (C=O) groups is 1. The van der Waals surface area contributed by atoms with Gasteiger partial charge in [0.25, 0.3) is 5.91 Å². The standard InChI is InChI=1S/C22H24ClNO3S2/c23-18-6-2-16(3-7-18)20-14-24(10-11-26-20)21(25)15-27-19-8-4-17(5-9-19)22-28-12-1-13-29-22/h2-9,20,22H,1,10-15H2. The summed E-state index contributed by atoms with van der Waals surface area (Å²) in [6, 6.07) is 15.7. The Morgan fingerprint density at radius 3 is 2.48 bits per heavy atom. The summed E-state index contributed by atoms with van der Waals surface area (Å²) in [6.07, 6.45) is 1.16. The van der Waals surface area contributed by atoms with Gasteiger partial charge in [0.15, 0.2) is 6.61 Å². The van der Waals surface area contributed by atoms with E-state index in [2.05, 4.69) is 12.1 Å². The van der Waals surface area contributed by atoms with Crippen LogP contribution in [0.4, 0.5) is 0 Å². The number of halogens is 1. The van der Waals surface area contributed by atoms with Crippen LogP contribution in [0.3, 0.4) is 0 Å². The second-order valence-electron chi connectivity index (χ2n) is 7.04. The quantitative estimate of drug-likeness (QED) is 0.628. The highest BCUT2D eigenvalue weighted by molar-refractivity contribution is 8.16.